The summed E-state index contributed by atoms with van der Waals surface area (Å²) in [5, 5.41) is 0. The van der Waals surface area contributed by atoms with Gasteiger partial charge in [-0.2, -0.15) is 0 Å². The predicted molar refractivity (Wildman–Crippen MR) is 76.3 cm³/mol. The van der Waals surface area contributed by atoms with E-state index in [0.29, 0.717) is 17.0 Å². The Bertz CT molecular complexity index is 483. The van der Waals surface area contributed by atoms with E-state index < -0.39 is 0 Å². The van der Waals surface area contributed by atoms with Crippen LogP contribution in [0.3, 0.4) is 0 Å². The van der Waals surface area contributed by atoms with Crippen LogP contribution in [-0.2, 0) is 0 Å². The van der Waals surface area contributed by atoms with E-state index >= 15 is 0 Å². The number of hydrogen-bond acceptors (Lipinski definition) is 3. The molecule has 1 amide bonds. The van der Waals surface area contributed by atoms with Crippen molar-refractivity contribution in [1.29, 1.82) is 0 Å². The van der Waals surface area contributed by atoms with Crippen molar-refractivity contribution in [3.8, 4) is 5.75 Å². The van der Waals surface area contributed by atoms with Gasteiger partial charge in [-0.3, -0.25) is 4.79 Å². The Morgan fingerprint density at radius 3 is 2.79 bits per heavy atom. The highest BCUT2D eigenvalue weighted by molar-refractivity contribution is 5.97. The number of rotatable bonds is 2. The Morgan fingerprint density at radius 1 is 1.42 bits per heavy atom. The number of ether oxygens (including phenoxy) is 1. The molecule has 104 valence electrons. The fourth-order valence-electron chi connectivity index (χ4n) is 2.65. The van der Waals surface area contributed by atoms with E-state index in [1.807, 2.05) is 4.90 Å². The van der Waals surface area contributed by atoms with Gasteiger partial charge in [0.1, 0.15) is 5.75 Å². The van der Waals surface area contributed by atoms with E-state index in [1.165, 1.54) is 0 Å². The number of carbonyl (C=O) groups is 1. The Hall–Kier alpha value is -1.71. The Morgan fingerprint density at radius 2 is 2.16 bits per heavy atom. The van der Waals surface area contributed by atoms with Gasteiger partial charge in [-0.1, -0.05) is 13.8 Å². The highest BCUT2D eigenvalue weighted by Crippen LogP contribution is 2.31. The van der Waals surface area contributed by atoms with Gasteiger partial charge in [0.15, 0.2) is 0 Å². The van der Waals surface area contributed by atoms with Crippen molar-refractivity contribution in [3.63, 3.8) is 0 Å². The number of piperidine rings is 1. The maximum absolute atomic E-state index is 12.6. The zero-order chi connectivity index (χ0) is 14.0. The summed E-state index contributed by atoms with van der Waals surface area (Å²) in [5.41, 5.74) is 7.11. The van der Waals surface area contributed by atoms with Crippen molar-refractivity contribution < 1.29 is 9.53 Å². The minimum atomic E-state index is 0.0321. The van der Waals surface area contributed by atoms with Crippen molar-refractivity contribution in [1.82, 2.24) is 4.90 Å². The number of amides is 1. The first kappa shape index (κ1) is 13.7. The molecule has 1 aromatic carbocycles. The molecule has 0 radical (unpaired) electrons. The molecule has 1 saturated heterocycles. The van der Waals surface area contributed by atoms with Crippen LogP contribution >= 0.6 is 0 Å². The van der Waals surface area contributed by atoms with Gasteiger partial charge in [0.25, 0.3) is 5.91 Å². The summed E-state index contributed by atoms with van der Waals surface area (Å²) in [6.07, 6.45) is 2.21. The SMILES string of the molecule is COc1cc(N)ccc1C(=O)N1CCCC(C)(C)C1. The van der Waals surface area contributed by atoms with Crippen molar-refractivity contribution in [2.75, 3.05) is 25.9 Å². The van der Waals surface area contributed by atoms with E-state index in [0.717, 1.165) is 25.9 Å². The first-order valence-electron chi connectivity index (χ1n) is 6.66. The molecule has 2 N–H and O–H groups in total. The summed E-state index contributed by atoms with van der Waals surface area (Å²) in [6, 6.07) is 5.19. The summed E-state index contributed by atoms with van der Waals surface area (Å²) in [5.74, 6) is 0.581. The molecule has 0 spiro atoms. The van der Waals surface area contributed by atoms with Crippen LogP contribution in [0.25, 0.3) is 0 Å². The average Bonchev–Trinajstić information content (AvgIpc) is 2.36. The van der Waals surface area contributed by atoms with Crippen LogP contribution in [0.2, 0.25) is 0 Å². The van der Waals surface area contributed by atoms with Gasteiger partial charge < -0.3 is 15.4 Å². The standard InChI is InChI=1S/C15H22N2O2/c1-15(2)7-4-8-17(10-15)14(18)12-6-5-11(16)9-13(12)19-3/h5-6,9H,4,7-8,10,16H2,1-3H3. The molecule has 0 saturated carbocycles. The summed E-state index contributed by atoms with van der Waals surface area (Å²) in [4.78, 5) is 14.5. The molecule has 0 bridgehead atoms. The van der Waals surface area contributed by atoms with Crippen LogP contribution < -0.4 is 10.5 Å². The van der Waals surface area contributed by atoms with Gasteiger partial charge in [-0.15, -0.1) is 0 Å². The van der Waals surface area contributed by atoms with E-state index in [9.17, 15) is 4.79 Å². The third kappa shape index (κ3) is 3.00. The number of likely N-dealkylation sites (tertiary alicyclic amines) is 1. The van der Waals surface area contributed by atoms with Gasteiger partial charge in [-0.05, 0) is 30.4 Å². The molecule has 1 aliphatic heterocycles. The van der Waals surface area contributed by atoms with Crippen LogP contribution in [0, 0.1) is 5.41 Å². The number of benzene rings is 1. The number of hydrogen-bond donors (Lipinski definition) is 1. The zero-order valence-electron chi connectivity index (χ0n) is 11.9. The van der Waals surface area contributed by atoms with Gasteiger partial charge >= 0.3 is 0 Å². The lowest BCUT2D eigenvalue weighted by molar-refractivity contribution is 0.0580. The molecular weight excluding hydrogens is 240 g/mol. The van der Waals surface area contributed by atoms with Crippen molar-refractivity contribution in [3.05, 3.63) is 23.8 Å². The third-order valence-corrected chi connectivity index (χ3v) is 3.64. The van der Waals surface area contributed by atoms with E-state index in [4.69, 9.17) is 10.5 Å². The zero-order valence-corrected chi connectivity index (χ0v) is 11.9. The van der Waals surface area contributed by atoms with Crippen LogP contribution in [0.1, 0.15) is 37.0 Å². The average molecular weight is 262 g/mol. The van der Waals surface area contributed by atoms with E-state index in [2.05, 4.69) is 13.8 Å². The minimum absolute atomic E-state index is 0.0321. The molecule has 19 heavy (non-hydrogen) atoms. The van der Waals surface area contributed by atoms with Gasteiger partial charge in [0.05, 0.1) is 12.7 Å². The molecule has 1 heterocycles. The first-order valence-corrected chi connectivity index (χ1v) is 6.66. The summed E-state index contributed by atoms with van der Waals surface area (Å²) in [7, 11) is 1.56. The molecule has 0 aromatic heterocycles. The maximum atomic E-state index is 12.6. The lowest BCUT2D eigenvalue weighted by Gasteiger charge is -2.38. The smallest absolute Gasteiger partial charge is 0.257 e. The first-order chi connectivity index (χ1) is 8.93. The highest BCUT2D eigenvalue weighted by Gasteiger charge is 2.30. The quantitative estimate of drug-likeness (QED) is 0.833. The van der Waals surface area contributed by atoms with Crippen molar-refractivity contribution >= 4 is 11.6 Å². The van der Waals surface area contributed by atoms with Crippen LogP contribution in [0.5, 0.6) is 5.75 Å². The summed E-state index contributed by atoms with van der Waals surface area (Å²) < 4.78 is 5.26. The second-order valence-electron chi connectivity index (χ2n) is 5.95. The minimum Gasteiger partial charge on any atom is -0.496 e. The topological polar surface area (TPSA) is 55.6 Å². The summed E-state index contributed by atoms with van der Waals surface area (Å²) >= 11 is 0. The monoisotopic (exact) mass is 262 g/mol. The Kier molecular flexibility index (Phi) is 3.69. The largest absolute Gasteiger partial charge is 0.496 e. The number of methoxy groups -OCH3 is 1. The molecular formula is C15H22N2O2. The van der Waals surface area contributed by atoms with Crippen LogP contribution in [0.15, 0.2) is 18.2 Å². The second-order valence-corrected chi connectivity index (χ2v) is 5.95. The highest BCUT2D eigenvalue weighted by atomic mass is 16.5. The van der Waals surface area contributed by atoms with Gasteiger partial charge in [0.2, 0.25) is 0 Å². The van der Waals surface area contributed by atoms with Crippen molar-refractivity contribution in [2.24, 2.45) is 5.41 Å². The molecule has 0 aliphatic carbocycles. The number of nitrogen functional groups attached to an aromatic ring is 1. The Balaban J connectivity index is 2.24. The number of anilines is 1. The van der Waals surface area contributed by atoms with Crippen LogP contribution in [0.4, 0.5) is 5.69 Å². The fraction of sp³-hybridized carbons (Fsp3) is 0.533. The normalized spacial score (nSPS) is 18.2. The lowest BCUT2D eigenvalue weighted by atomic mass is 9.84. The molecule has 1 aromatic rings. The van der Waals surface area contributed by atoms with Crippen molar-refractivity contribution in [2.45, 2.75) is 26.7 Å². The molecule has 4 heteroatoms. The molecule has 1 fully saturated rings. The molecule has 1 aliphatic rings. The number of carbonyl (C=O) groups excluding carboxylic acids is 1. The maximum Gasteiger partial charge on any atom is 0.257 e. The lowest BCUT2D eigenvalue weighted by Crippen LogP contribution is -2.43. The van der Waals surface area contributed by atoms with Gasteiger partial charge in [-0.25, -0.2) is 0 Å². The molecule has 2 rings (SSSR count). The fourth-order valence-corrected chi connectivity index (χ4v) is 2.65. The van der Waals surface area contributed by atoms with E-state index in [1.54, 1.807) is 25.3 Å². The van der Waals surface area contributed by atoms with Crippen LogP contribution in [-0.4, -0.2) is 31.0 Å². The Labute approximate surface area is 114 Å². The number of nitrogens with two attached hydrogens (primary N) is 1. The molecule has 0 unspecified atom stereocenters. The summed E-state index contributed by atoms with van der Waals surface area (Å²) in [6.45, 7) is 6.01. The predicted octanol–water partition coefficient (Wildman–Crippen LogP) is 2.54. The van der Waals surface area contributed by atoms with E-state index in [-0.39, 0.29) is 11.3 Å². The molecule has 0 atom stereocenters. The number of nitrogens with zero attached hydrogens (tertiary/aromatic N) is 1. The third-order valence-electron chi connectivity index (χ3n) is 3.64. The molecule has 4 nitrogen and oxygen atoms in total. The van der Waals surface area contributed by atoms with Gasteiger partial charge in [0, 0.05) is 24.8 Å². The second kappa shape index (κ2) is 5.11.